The molecule has 6 unspecified atom stereocenters. The summed E-state index contributed by atoms with van der Waals surface area (Å²) in [5.74, 6) is 3.58. The number of hydrogen-bond donors (Lipinski definition) is 3. The Balaban J connectivity index is 1.11. The molecule has 11 rings (SSSR count). The maximum atomic E-state index is 16.9. The van der Waals surface area contributed by atoms with Gasteiger partial charge in [0.05, 0.1) is 41.8 Å². The summed E-state index contributed by atoms with van der Waals surface area (Å²) in [6.45, 7) is 0.766. The van der Waals surface area contributed by atoms with E-state index in [1.54, 1.807) is 41.3 Å². The number of nitrogens with zero attached hydrogens (tertiary/aromatic N) is 5. The first kappa shape index (κ1) is 51.8. The predicted octanol–water partition coefficient (Wildman–Crippen LogP) is 6.06. The van der Waals surface area contributed by atoms with Gasteiger partial charge in [-0.05, 0) is 76.3 Å². The van der Waals surface area contributed by atoms with Crippen molar-refractivity contribution >= 4 is 41.3 Å². The van der Waals surface area contributed by atoms with Gasteiger partial charge in [-0.1, -0.05) is 96.8 Å². The third-order valence-corrected chi connectivity index (χ3v) is 15.1. The minimum Gasteiger partial charge on any atom is -0.491 e. The van der Waals surface area contributed by atoms with Crippen LogP contribution in [-0.2, 0) is 42.4 Å². The molecule has 0 aromatic heterocycles. The minimum atomic E-state index is -2.22. The van der Waals surface area contributed by atoms with Gasteiger partial charge >= 0.3 is 18.1 Å². The Morgan fingerprint density at radius 2 is 1.51 bits per heavy atom. The van der Waals surface area contributed by atoms with Crippen molar-refractivity contribution in [3.05, 3.63) is 195 Å². The number of para-hydroxylation sites is 1. The summed E-state index contributed by atoms with van der Waals surface area (Å²) in [4.78, 5) is 93.5. The summed E-state index contributed by atoms with van der Waals surface area (Å²) in [5, 5.41) is 24.2. The van der Waals surface area contributed by atoms with E-state index in [1.165, 1.54) is 30.3 Å². The SMILES string of the molecule is NC(=O)NCC#Cc1ccc2c(c1)C1(C(=O)N2C(=O)OCc2ccc([N+](=O)[O-])cc2)C(C(=O)N2CCN(Cc3ccc4c(c3)OCO4)CC2)C2C(=O)OC(c3ccccc3)C(c3ccccc3)N2C1c1ccccc1OCCO. The summed E-state index contributed by atoms with van der Waals surface area (Å²) in [5.41, 5.74) is 6.51. The highest BCUT2D eigenvalue weighted by Gasteiger charge is 2.76. The highest BCUT2D eigenvalue weighted by atomic mass is 16.7. The number of carbonyl (C=O) groups excluding carboxylic acids is 5. The van der Waals surface area contributed by atoms with Gasteiger partial charge in [0.1, 0.15) is 36.5 Å². The summed E-state index contributed by atoms with van der Waals surface area (Å²) in [6, 6.07) is 36.8. The first-order chi connectivity index (χ1) is 38.5. The molecule has 6 aromatic rings. The Hall–Kier alpha value is -9.29. The Kier molecular flexibility index (Phi) is 14.4. The molecule has 5 heterocycles. The summed E-state index contributed by atoms with van der Waals surface area (Å²) >= 11 is 0. The Labute approximate surface area is 453 Å². The van der Waals surface area contributed by atoms with E-state index in [1.807, 2.05) is 83.8 Å². The molecule has 3 saturated heterocycles. The van der Waals surface area contributed by atoms with E-state index >= 15 is 19.2 Å². The van der Waals surface area contributed by atoms with Crippen LogP contribution < -0.4 is 30.2 Å². The largest absolute Gasteiger partial charge is 0.491 e. The molecule has 5 amide bonds. The number of nitro groups is 1. The van der Waals surface area contributed by atoms with E-state index < -0.39 is 77.0 Å². The highest BCUT2D eigenvalue weighted by molar-refractivity contribution is 6.23. The van der Waals surface area contributed by atoms with E-state index in [0.717, 1.165) is 10.5 Å². The van der Waals surface area contributed by atoms with E-state index in [0.29, 0.717) is 59.0 Å². The lowest BCUT2D eigenvalue weighted by Gasteiger charge is -2.46. The number of morpholine rings is 1. The van der Waals surface area contributed by atoms with Gasteiger partial charge in [-0.2, -0.15) is 0 Å². The fraction of sp³-hybridized carbons (Fsp3) is 0.271. The van der Waals surface area contributed by atoms with Crippen molar-refractivity contribution in [1.82, 2.24) is 20.0 Å². The van der Waals surface area contributed by atoms with Crippen LogP contribution >= 0.6 is 0 Å². The first-order valence-electron chi connectivity index (χ1n) is 25.7. The number of urea groups is 1. The van der Waals surface area contributed by atoms with Gasteiger partial charge in [0.15, 0.2) is 11.5 Å². The quantitative estimate of drug-likeness (QED) is 0.0515. The number of hydrogen-bond acceptors (Lipinski definition) is 15. The number of nitro benzene ring substituents is 1. The highest BCUT2D eigenvalue weighted by Crippen LogP contribution is 2.67. The Morgan fingerprint density at radius 1 is 0.810 bits per heavy atom. The maximum Gasteiger partial charge on any atom is 0.421 e. The maximum absolute atomic E-state index is 16.9. The third-order valence-electron chi connectivity index (χ3n) is 15.1. The average Bonchev–Trinajstić information content (AvgIpc) is 4.35. The smallest absolute Gasteiger partial charge is 0.421 e. The van der Waals surface area contributed by atoms with E-state index in [2.05, 4.69) is 22.1 Å². The van der Waals surface area contributed by atoms with Crippen molar-refractivity contribution in [3.63, 3.8) is 0 Å². The van der Waals surface area contributed by atoms with Gasteiger partial charge in [0.25, 0.3) is 5.69 Å². The van der Waals surface area contributed by atoms with Crippen molar-refractivity contribution in [2.45, 2.75) is 42.8 Å². The predicted molar refractivity (Wildman–Crippen MR) is 283 cm³/mol. The van der Waals surface area contributed by atoms with E-state index in [4.69, 9.17) is 29.4 Å². The number of primary amides is 1. The van der Waals surface area contributed by atoms with Gasteiger partial charge in [-0.3, -0.25) is 34.3 Å². The zero-order valence-electron chi connectivity index (χ0n) is 42.5. The number of nitrogens with two attached hydrogens (primary N) is 1. The average molecular weight is 1070 g/mol. The van der Waals surface area contributed by atoms with Crippen molar-refractivity contribution in [3.8, 4) is 29.1 Å². The normalized spacial score (nSPS) is 22.1. The number of nitrogens with one attached hydrogen (secondary N) is 1. The number of non-ortho nitro benzene ring substituents is 1. The topological polar surface area (TPSA) is 246 Å². The lowest BCUT2D eigenvalue weighted by atomic mass is 9.64. The van der Waals surface area contributed by atoms with Crippen LogP contribution in [0.5, 0.6) is 17.2 Å². The molecule has 1 spiro atoms. The molecule has 0 saturated carbocycles. The molecule has 0 aliphatic carbocycles. The standard InChI is InChI=1S/C59H53N7O13/c60-57(71)61-25-9-10-37-19-23-45-44(32-37)59(56(70)64(45)58(72)76-35-38-17-21-42(22-18-38)66(73)74)49(54(68)63-28-26-62(27-29-63)34-39-20-24-47-48(33-39)78-36-77-47)51-55(69)79-52(41-13-5-2-6-14-41)50(40-11-3-1-4-12-40)65(51)53(59)43-15-7-8-16-46(43)75-31-30-67/h1-8,11-24,32-33,49-53,67H,25-31,34-36H2,(H3,60,61,71). The summed E-state index contributed by atoms with van der Waals surface area (Å²) < 4.78 is 30.1. The molecule has 5 aliphatic heterocycles. The molecular formula is C59H53N7O13. The lowest BCUT2D eigenvalue weighted by molar-refractivity contribution is -0.384. The number of aliphatic hydroxyl groups is 1. The molecule has 79 heavy (non-hydrogen) atoms. The van der Waals surface area contributed by atoms with Crippen molar-refractivity contribution in [1.29, 1.82) is 0 Å². The second-order valence-electron chi connectivity index (χ2n) is 19.5. The number of aliphatic hydroxyl groups excluding tert-OH is 1. The first-order valence-corrected chi connectivity index (χ1v) is 25.7. The van der Waals surface area contributed by atoms with Crippen molar-refractivity contribution < 1.29 is 57.7 Å². The number of piperazine rings is 1. The van der Waals surface area contributed by atoms with Crippen LogP contribution in [0.1, 0.15) is 57.1 Å². The Morgan fingerprint density at radius 3 is 2.23 bits per heavy atom. The number of cyclic esters (lactones) is 1. The van der Waals surface area contributed by atoms with Gasteiger partial charge in [-0.25, -0.2) is 14.5 Å². The van der Waals surface area contributed by atoms with Gasteiger partial charge in [-0.15, -0.1) is 0 Å². The van der Waals surface area contributed by atoms with Crippen LogP contribution in [-0.4, -0.2) is 113 Å². The van der Waals surface area contributed by atoms with Crippen molar-refractivity contribution in [2.75, 3.05) is 57.6 Å². The van der Waals surface area contributed by atoms with Crippen LogP contribution in [0, 0.1) is 27.9 Å². The molecule has 6 atom stereocenters. The second-order valence-corrected chi connectivity index (χ2v) is 19.5. The molecule has 20 nitrogen and oxygen atoms in total. The number of benzene rings is 6. The van der Waals surface area contributed by atoms with Crippen LogP contribution in [0.3, 0.4) is 0 Å². The number of rotatable bonds is 13. The monoisotopic (exact) mass is 1070 g/mol. The molecule has 402 valence electrons. The van der Waals surface area contributed by atoms with E-state index in [-0.39, 0.29) is 62.3 Å². The molecular weight excluding hydrogens is 1010 g/mol. The third kappa shape index (κ3) is 9.68. The number of anilines is 1. The molecule has 4 N–H and O–H groups in total. The van der Waals surface area contributed by atoms with Gasteiger partial charge < -0.3 is 44.7 Å². The number of carbonyl (C=O) groups is 5. The Bertz CT molecular complexity index is 3400. The van der Waals surface area contributed by atoms with Gasteiger partial charge in [0, 0.05) is 56.0 Å². The van der Waals surface area contributed by atoms with E-state index in [9.17, 15) is 20.0 Å². The number of esters is 1. The molecule has 5 aliphatic rings. The molecule has 20 heteroatoms. The number of amides is 5. The zero-order valence-corrected chi connectivity index (χ0v) is 42.5. The number of ether oxygens (including phenoxy) is 5. The molecule has 6 aromatic carbocycles. The fourth-order valence-corrected chi connectivity index (χ4v) is 11.7. The van der Waals surface area contributed by atoms with Gasteiger partial charge in [0.2, 0.25) is 18.6 Å². The zero-order chi connectivity index (χ0) is 54.8. The molecule has 3 fully saturated rings. The minimum absolute atomic E-state index is 0.0358. The number of fused-ring (bicyclic) bond motifs is 4. The van der Waals surface area contributed by atoms with Crippen LogP contribution in [0.4, 0.5) is 21.0 Å². The van der Waals surface area contributed by atoms with Crippen LogP contribution in [0.25, 0.3) is 0 Å². The summed E-state index contributed by atoms with van der Waals surface area (Å²) in [6.07, 6.45) is -2.15. The lowest BCUT2D eigenvalue weighted by Crippen LogP contribution is -2.59. The fourth-order valence-electron chi connectivity index (χ4n) is 11.7. The molecule has 0 bridgehead atoms. The van der Waals surface area contributed by atoms with Crippen LogP contribution in [0.2, 0.25) is 0 Å². The summed E-state index contributed by atoms with van der Waals surface area (Å²) in [7, 11) is 0. The van der Waals surface area contributed by atoms with Crippen molar-refractivity contribution in [2.24, 2.45) is 11.7 Å². The second kappa shape index (κ2) is 22.0. The number of imide groups is 1. The molecule has 0 radical (unpaired) electrons. The van der Waals surface area contributed by atoms with Crippen LogP contribution in [0.15, 0.2) is 146 Å².